The summed E-state index contributed by atoms with van der Waals surface area (Å²) in [6.45, 7) is 3.03. The number of aryl methyl sites for hydroxylation is 1. The number of H-pyrrole nitrogens is 1. The lowest BCUT2D eigenvalue weighted by atomic mass is 10.1. The molecule has 0 amide bonds. The van der Waals surface area contributed by atoms with Gasteiger partial charge in [-0.2, -0.15) is 10.1 Å². The Morgan fingerprint density at radius 2 is 2.05 bits per heavy atom. The van der Waals surface area contributed by atoms with E-state index in [0.29, 0.717) is 24.8 Å². The topological polar surface area (TPSA) is 79.6 Å². The molecule has 0 atom stereocenters. The zero-order valence-electron chi connectivity index (χ0n) is 11.1. The predicted octanol–water partition coefficient (Wildman–Crippen LogP) is 2.06. The van der Waals surface area contributed by atoms with Gasteiger partial charge in [-0.25, -0.2) is 0 Å². The van der Waals surface area contributed by atoms with Gasteiger partial charge in [-0.3, -0.25) is 5.10 Å². The number of rotatable bonds is 5. The smallest absolute Gasteiger partial charge is 0.223 e. The van der Waals surface area contributed by atoms with Crippen molar-refractivity contribution in [2.24, 2.45) is 0 Å². The van der Waals surface area contributed by atoms with Crippen LogP contribution in [0.3, 0.4) is 0 Å². The van der Waals surface area contributed by atoms with Crippen LogP contribution in [0.15, 0.2) is 41.1 Å². The summed E-state index contributed by atoms with van der Waals surface area (Å²) < 4.78 is 4.93. The van der Waals surface area contributed by atoms with Crippen molar-refractivity contribution in [3.05, 3.63) is 53.8 Å². The van der Waals surface area contributed by atoms with Gasteiger partial charge < -0.3 is 9.84 Å². The van der Waals surface area contributed by atoms with Crippen LogP contribution in [0.2, 0.25) is 0 Å². The van der Waals surface area contributed by atoms with Crippen molar-refractivity contribution in [3.63, 3.8) is 0 Å². The third-order valence-electron chi connectivity index (χ3n) is 2.95. The van der Waals surface area contributed by atoms with Crippen molar-refractivity contribution in [2.75, 3.05) is 0 Å². The molecule has 20 heavy (non-hydrogen) atoms. The summed E-state index contributed by atoms with van der Waals surface area (Å²) in [5, 5.41) is 14.3. The number of nitrogens with zero attached hydrogens (tertiary/aromatic N) is 3. The van der Waals surface area contributed by atoms with Gasteiger partial charge in [0.25, 0.3) is 0 Å². The van der Waals surface area contributed by atoms with Gasteiger partial charge in [0.2, 0.25) is 5.89 Å². The minimum absolute atomic E-state index is 0.566. The molecule has 0 aliphatic carbocycles. The van der Waals surface area contributed by atoms with E-state index in [1.807, 2.05) is 24.4 Å². The van der Waals surface area contributed by atoms with Crippen molar-refractivity contribution in [3.8, 4) is 11.3 Å². The Kier molecular flexibility index (Phi) is 3.56. The lowest BCUT2D eigenvalue weighted by Crippen LogP contribution is -2.13. The van der Waals surface area contributed by atoms with E-state index in [-0.39, 0.29) is 0 Å². The Bertz CT molecular complexity index is 674. The summed E-state index contributed by atoms with van der Waals surface area (Å²) >= 11 is 0. The summed E-state index contributed by atoms with van der Waals surface area (Å²) in [6, 6.07) is 10.1. The van der Waals surface area contributed by atoms with Gasteiger partial charge >= 0.3 is 0 Å². The van der Waals surface area contributed by atoms with E-state index in [9.17, 15) is 0 Å². The molecule has 0 aliphatic rings. The van der Waals surface area contributed by atoms with Crippen LogP contribution in [-0.4, -0.2) is 20.3 Å². The molecule has 0 spiro atoms. The average Bonchev–Trinajstić information content (AvgIpc) is 3.09. The monoisotopic (exact) mass is 269 g/mol. The van der Waals surface area contributed by atoms with E-state index >= 15 is 0 Å². The Hall–Kier alpha value is -2.47. The SMILES string of the molecule is Cc1nc(CNCc2cn[nH]c2-c2ccccc2)no1. The maximum absolute atomic E-state index is 4.93. The number of nitrogens with one attached hydrogen (secondary N) is 2. The Balaban J connectivity index is 1.65. The first-order valence-corrected chi connectivity index (χ1v) is 6.40. The fraction of sp³-hybridized carbons (Fsp3) is 0.214. The number of hydrogen-bond acceptors (Lipinski definition) is 5. The molecule has 0 unspecified atom stereocenters. The van der Waals surface area contributed by atoms with Gasteiger partial charge in [0.05, 0.1) is 18.4 Å². The highest BCUT2D eigenvalue weighted by Crippen LogP contribution is 2.20. The number of aromatic amines is 1. The lowest BCUT2D eigenvalue weighted by molar-refractivity contribution is 0.385. The van der Waals surface area contributed by atoms with Crippen LogP contribution in [0.5, 0.6) is 0 Å². The minimum atomic E-state index is 0.566. The fourth-order valence-corrected chi connectivity index (χ4v) is 2.02. The second kappa shape index (κ2) is 5.66. The molecule has 0 saturated heterocycles. The zero-order valence-corrected chi connectivity index (χ0v) is 11.1. The number of hydrogen-bond donors (Lipinski definition) is 2. The average molecular weight is 269 g/mol. The fourth-order valence-electron chi connectivity index (χ4n) is 2.02. The number of benzene rings is 1. The second-order valence-electron chi connectivity index (χ2n) is 4.47. The van der Waals surface area contributed by atoms with Gasteiger partial charge in [-0.15, -0.1) is 0 Å². The third-order valence-corrected chi connectivity index (χ3v) is 2.95. The first kappa shape index (κ1) is 12.6. The molecule has 0 fully saturated rings. The molecule has 1 aromatic carbocycles. The van der Waals surface area contributed by atoms with Crippen LogP contribution in [0, 0.1) is 6.92 Å². The molecule has 6 heteroatoms. The largest absolute Gasteiger partial charge is 0.340 e. The highest BCUT2D eigenvalue weighted by atomic mass is 16.5. The van der Waals surface area contributed by atoms with Gasteiger partial charge in [-0.05, 0) is 5.56 Å². The van der Waals surface area contributed by atoms with Crippen LogP contribution in [0.4, 0.5) is 0 Å². The summed E-state index contributed by atoms with van der Waals surface area (Å²) in [6.07, 6.45) is 1.83. The molecule has 2 aromatic heterocycles. The van der Waals surface area contributed by atoms with E-state index < -0.39 is 0 Å². The van der Waals surface area contributed by atoms with Gasteiger partial charge in [0, 0.05) is 19.0 Å². The van der Waals surface area contributed by atoms with Crippen molar-refractivity contribution in [1.82, 2.24) is 25.7 Å². The molecule has 0 bridgehead atoms. The van der Waals surface area contributed by atoms with Crippen molar-refractivity contribution < 1.29 is 4.52 Å². The van der Waals surface area contributed by atoms with Gasteiger partial charge in [-0.1, -0.05) is 35.5 Å². The molecule has 0 aliphatic heterocycles. The Morgan fingerprint density at radius 3 is 2.80 bits per heavy atom. The maximum atomic E-state index is 4.93. The molecule has 102 valence electrons. The Labute approximate surface area is 116 Å². The summed E-state index contributed by atoms with van der Waals surface area (Å²) in [5.74, 6) is 1.24. The Morgan fingerprint density at radius 1 is 1.20 bits per heavy atom. The highest BCUT2D eigenvalue weighted by molar-refractivity contribution is 5.62. The van der Waals surface area contributed by atoms with Crippen LogP contribution < -0.4 is 5.32 Å². The van der Waals surface area contributed by atoms with Crippen molar-refractivity contribution >= 4 is 0 Å². The van der Waals surface area contributed by atoms with Crippen molar-refractivity contribution in [1.29, 1.82) is 0 Å². The molecule has 6 nitrogen and oxygen atoms in total. The standard InChI is InChI=1S/C14H15N5O/c1-10-17-13(19-20-10)9-15-7-12-8-16-18-14(12)11-5-3-2-4-6-11/h2-6,8,15H,7,9H2,1H3,(H,16,18). The molecule has 3 aromatic rings. The first-order chi connectivity index (χ1) is 9.83. The second-order valence-corrected chi connectivity index (χ2v) is 4.47. The summed E-state index contributed by atoms with van der Waals surface area (Å²) in [7, 11) is 0. The zero-order chi connectivity index (χ0) is 13.8. The number of aromatic nitrogens is 4. The van der Waals surface area contributed by atoms with E-state index in [4.69, 9.17) is 4.52 Å². The lowest BCUT2D eigenvalue weighted by Gasteiger charge is -2.04. The molecule has 2 heterocycles. The van der Waals surface area contributed by atoms with E-state index in [2.05, 4.69) is 37.8 Å². The van der Waals surface area contributed by atoms with E-state index in [1.165, 1.54) is 0 Å². The maximum Gasteiger partial charge on any atom is 0.223 e. The third kappa shape index (κ3) is 2.75. The van der Waals surface area contributed by atoms with E-state index in [1.54, 1.807) is 6.92 Å². The molecule has 2 N–H and O–H groups in total. The quantitative estimate of drug-likeness (QED) is 0.741. The highest BCUT2D eigenvalue weighted by Gasteiger charge is 2.07. The van der Waals surface area contributed by atoms with Gasteiger partial charge in [0.15, 0.2) is 5.82 Å². The molecule has 0 radical (unpaired) electrons. The predicted molar refractivity (Wildman–Crippen MR) is 73.6 cm³/mol. The molecular formula is C14H15N5O. The summed E-state index contributed by atoms with van der Waals surface area (Å²) in [4.78, 5) is 4.15. The summed E-state index contributed by atoms with van der Waals surface area (Å²) in [5.41, 5.74) is 3.26. The van der Waals surface area contributed by atoms with Crippen LogP contribution in [0.25, 0.3) is 11.3 Å². The van der Waals surface area contributed by atoms with Crippen LogP contribution in [-0.2, 0) is 13.1 Å². The minimum Gasteiger partial charge on any atom is -0.340 e. The van der Waals surface area contributed by atoms with Crippen LogP contribution in [0.1, 0.15) is 17.3 Å². The first-order valence-electron chi connectivity index (χ1n) is 6.40. The normalized spacial score (nSPS) is 10.8. The molecule has 3 rings (SSSR count). The van der Waals surface area contributed by atoms with Crippen molar-refractivity contribution in [2.45, 2.75) is 20.0 Å². The van der Waals surface area contributed by atoms with Gasteiger partial charge in [0.1, 0.15) is 0 Å². The molecule has 0 saturated carbocycles. The van der Waals surface area contributed by atoms with Crippen LogP contribution >= 0.6 is 0 Å². The van der Waals surface area contributed by atoms with E-state index in [0.717, 1.165) is 16.8 Å². The molecular weight excluding hydrogens is 254 g/mol.